The standard InChI is InChI=1S/C4H8O2S.2Na.2H/c1-6-4(5)2-3-7;;;;/h7H,2-3H2,1H3;;;;. The van der Waals surface area contributed by atoms with Crippen LogP contribution in [-0.4, -0.2) is 77.9 Å². The number of esters is 1. The Morgan fingerprint density at radius 1 is 1.56 bits per heavy atom. The molecule has 0 rings (SSSR count). The van der Waals surface area contributed by atoms with Gasteiger partial charge in [0.1, 0.15) is 0 Å². The van der Waals surface area contributed by atoms with E-state index >= 15 is 0 Å². The van der Waals surface area contributed by atoms with E-state index in [1.54, 1.807) is 0 Å². The summed E-state index contributed by atoms with van der Waals surface area (Å²) in [5.74, 6) is 0.363. The second kappa shape index (κ2) is 12.5. The van der Waals surface area contributed by atoms with E-state index in [1.807, 2.05) is 0 Å². The van der Waals surface area contributed by atoms with E-state index in [1.165, 1.54) is 7.11 Å². The van der Waals surface area contributed by atoms with Gasteiger partial charge >= 0.3 is 65.1 Å². The van der Waals surface area contributed by atoms with Gasteiger partial charge in [-0.15, -0.1) is 0 Å². The van der Waals surface area contributed by atoms with Gasteiger partial charge < -0.3 is 4.74 Å². The molecule has 0 saturated heterocycles. The van der Waals surface area contributed by atoms with Gasteiger partial charge in [-0.2, -0.15) is 12.6 Å². The van der Waals surface area contributed by atoms with Crippen LogP contribution in [-0.2, 0) is 9.53 Å². The van der Waals surface area contributed by atoms with Crippen molar-refractivity contribution in [1.82, 2.24) is 0 Å². The van der Waals surface area contributed by atoms with Crippen molar-refractivity contribution in [3.05, 3.63) is 0 Å². The first-order chi connectivity index (χ1) is 3.31. The summed E-state index contributed by atoms with van der Waals surface area (Å²) in [5.41, 5.74) is 0. The third kappa shape index (κ3) is 12.9. The molecular weight excluding hydrogens is 158 g/mol. The van der Waals surface area contributed by atoms with Crippen LogP contribution in [0.3, 0.4) is 0 Å². The average molecular weight is 168 g/mol. The molecule has 0 bridgehead atoms. The van der Waals surface area contributed by atoms with Gasteiger partial charge in [-0.1, -0.05) is 0 Å². The molecule has 5 heteroatoms. The third-order valence-electron chi connectivity index (χ3n) is 0.544. The molecule has 0 aromatic carbocycles. The van der Waals surface area contributed by atoms with E-state index in [4.69, 9.17) is 0 Å². The Bertz CT molecular complexity index is 69.6. The second-order valence-electron chi connectivity index (χ2n) is 1.05. The zero-order chi connectivity index (χ0) is 5.70. The number of hydrogen-bond donors (Lipinski definition) is 1. The van der Waals surface area contributed by atoms with E-state index in [2.05, 4.69) is 17.4 Å². The van der Waals surface area contributed by atoms with Gasteiger partial charge in [0.15, 0.2) is 0 Å². The molecule has 0 unspecified atom stereocenters. The quantitative estimate of drug-likeness (QED) is 0.331. The Balaban J connectivity index is -0.000000180. The number of thiol groups is 1. The molecule has 9 heavy (non-hydrogen) atoms. The zero-order valence-electron chi connectivity index (χ0n) is 4.18. The maximum absolute atomic E-state index is 10.1. The predicted molar refractivity (Wildman–Crippen MR) is 44.8 cm³/mol. The van der Waals surface area contributed by atoms with Crippen molar-refractivity contribution in [2.75, 3.05) is 12.9 Å². The molecule has 2 nitrogen and oxygen atoms in total. The first kappa shape index (κ1) is 17.1. The normalized spacial score (nSPS) is 6.44. The first-order valence-corrected chi connectivity index (χ1v) is 2.62. The van der Waals surface area contributed by atoms with E-state index < -0.39 is 0 Å². The Morgan fingerprint density at radius 2 is 2.00 bits per heavy atom. The molecule has 0 aliphatic carbocycles. The van der Waals surface area contributed by atoms with Gasteiger partial charge in [0.25, 0.3) is 0 Å². The fourth-order valence-electron chi connectivity index (χ4n) is 0.193. The summed E-state index contributed by atoms with van der Waals surface area (Å²) in [4.78, 5) is 10.1. The minimum absolute atomic E-state index is 0. The van der Waals surface area contributed by atoms with Crippen molar-refractivity contribution in [2.45, 2.75) is 6.42 Å². The molecule has 0 aliphatic heterocycles. The van der Waals surface area contributed by atoms with Crippen LogP contribution in [0.25, 0.3) is 0 Å². The van der Waals surface area contributed by atoms with Crippen LogP contribution in [0.1, 0.15) is 6.42 Å². The average Bonchev–Trinajstić information content (AvgIpc) is 1.68. The monoisotopic (exact) mass is 168 g/mol. The molecule has 0 fully saturated rings. The van der Waals surface area contributed by atoms with Gasteiger partial charge in [0.05, 0.1) is 13.5 Å². The summed E-state index contributed by atoms with van der Waals surface area (Å²) in [5, 5.41) is 0. The van der Waals surface area contributed by atoms with Crippen LogP contribution in [0.15, 0.2) is 0 Å². The number of hydrogen-bond acceptors (Lipinski definition) is 3. The van der Waals surface area contributed by atoms with Crippen LogP contribution < -0.4 is 0 Å². The molecule has 0 atom stereocenters. The predicted octanol–water partition coefficient (Wildman–Crippen LogP) is -0.818. The molecule has 0 N–H and O–H groups in total. The van der Waals surface area contributed by atoms with Crippen LogP contribution in [0.4, 0.5) is 0 Å². The van der Waals surface area contributed by atoms with Crippen molar-refractivity contribution in [1.29, 1.82) is 0 Å². The van der Waals surface area contributed by atoms with Crippen molar-refractivity contribution in [3.63, 3.8) is 0 Å². The van der Waals surface area contributed by atoms with Crippen LogP contribution >= 0.6 is 12.6 Å². The topological polar surface area (TPSA) is 26.3 Å². The van der Waals surface area contributed by atoms with Crippen molar-refractivity contribution >= 4 is 77.7 Å². The summed E-state index contributed by atoms with van der Waals surface area (Å²) in [6.45, 7) is 0. The number of rotatable bonds is 2. The van der Waals surface area contributed by atoms with Crippen LogP contribution in [0.2, 0.25) is 0 Å². The van der Waals surface area contributed by atoms with E-state index in [0.717, 1.165) is 0 Å². The summed E-state index contributed by atoms with van der Waals surface area (Å²) < 4.78 is 4.30. The number of ether oxygens (including phenoxy) is 1. The second-order valence-corrected chi connectivity index (χ2v) is 1.50. The minimum atomic E-state index is -0.199. The number of carbonyl (C=O) groups is 1. The summed E-state index contributed by atoms with van der Waals surface area (Å²) in [6, 6.07) is 0. The fraction of sp³-hybridized carbons (Fsp3) is 0.750. The first-order valence-electron chi connectivity index (χ1n) is 1.99. The molecule has 0 aliphatic rings. The van der Waals surface area contributed by atoms with Gasteiger partial charge in [-0.3, -0.25) is 4.79 Å². The zero-order valence-corrected chi connectivity index (χ0v) is 5.07. The Morgan fingerprint density at radius 3 is 2.11 bits per heavy atom. The van der Waals surface area contributed by atoms with Crippen molar-refractivity contribution in [3.8, 4) is 0 Å². The van der Waals surface area contributed by atoms with Gasteiger partial charge in [-0.05, 0) is 0 Å². The maximum atomic E-state index is 10.1. The van der Waals surface area contributed by atoms with Crippen molar-refractivity contribution in [2.24, 2.45) is 0 Å². The molecule has 0 heterocycles. The number of methoxy groups -OCH3 is 1. The van der Waals surface area contributed by atoms with Gasteiger partial charge in [0, 0.05) is 5.75 Å². The van der Waals surface area contributed by atoms with Gasteiger partial charge in [0.2, 0.25) is 0 Å². The molecule has 0 amide bonds. The molecule has 0 radical (unpaired) electrons. The summed E-state index contributed by atoms with van der Waals surface area (Å²) >= 11 is 3.81. The summed E-state index contributed by atoms with van der Waals surface area (Å²) in [7, 11) is 1.37. The molecular formula is C4H10Na2O2S. The molecule has 0 saturated carbocycles. The van der Waals surface area contributed by atoms with Crippen LogP contribution in [0, 0.1) is 0 Å². The molecule has 0 aromatic heterocycles. The van der Waals surface area contributed by atoms with E-state index in [0.29, 0.717) is 12.2 Å². The third-order valence-corrected chi connectivity index (χ3v) is 0.767. The van der Waals surface area contributed by atoms with Gasteiger partial charge in [-0.25, -0.2) is 0 Å². The van der Waals surface area contributed by atoms with Crippen LogP contribution in [0.5, 0.6) is 0 Å². The Kier molecular flexibility index (Phi) is 23.7. The number of carbonyl (C=O) groups excluding carboxylic acids is 1. The van der Waals surface area contributed by atoms with E-state index in [-0.39, 0.29) is 65.1 Å². The Hall–Kier alpha value is 1.82. The Labute approximate surface area is 105 Å². The van der Waals surface area contributed by atoms with Crippen molar-refractivity contribution < 1.29 is 9.53 Å². The summed E-state index contributed by atoms with van der Waals surface area (Å²) in [6.07, 6.45) is 0.402. The fourth-order valence-corrected chi connectivity index (χ4v) is 0.376. The molecule has 0 aromatic rings. The SMILES string of the molecule is COC(=O)CCS.[NaH].[NaH]. The molecule has 0 spiro atoms. The molecule has 46 valence electrons. The van der Waals surface area contributed by atoms with E-state index in [9.17, 15) is 4.79 Å².